The summed E-state index contributed by atoms with van der Waals surface area (Å²) in [5, 5.41) is 5.05. The van der Waals surface area contributed by atoms with Crippen molar-refractivity contribution in [1.29, 1.82) is 0 Å². The summed E-state index contributed by atoms with van der Waals surface area (Å²) in [4.78, 5) is 0. The smallest absolute Gasteiger partial charge is 0.0175 e. The lowest BCUT2D eigenvalue weighted by molar-refractivity contribution is 1.61. The van der Waals surface area contributed by atoms with Gasteiger partial charge in [0.05, 0.1) is 0 Å². The van der Waals surface area contributed by atoms with Crippen LogP contribution in [-0.2, 0) is 0 Å². The molecule has 0 radical (unpaired) electrons. The largest absolute Gasteiger partial charge is 0.0984 e. The molecule has 0 spiro atoms. The van der Waals surface area contributed by atoms with Crippen molar-refractivity contribution in [3.8, 4) is 11.1 Å². The van der Waals surface area contributed by atoms with Crippen molar-refractivity contribution in [1.82, 2.24) is 0 Å². The molecule has 0 aliphatic carbocycles. The predicted octanol–water partition coefficient (Wildman–Crippen LogP) is 8.10. The van der Waals surface area contributed by atoms with Gasteiger partial charge in [0.15, 0.2) is 0 Å². The Bertz CT molecular complexity index is 1150. The van der Waals surface area contributed by atoms with Gasteiger partial charge in [-0.15, -0.1) is 0 Å². The average molecular weight is 399 g/mol. The van der Waals surface area contributed by atoms with Gasteiger partial charge in [-0.2, -0.15) is 0 Å². The molecule has 0 aliphatic rings. The summed E-state index contributed by atoms with van der Waals surface area (Å²) in [6, 6.07) is 23.8. The normalized spacial score (nSPS) is 11.5. The summed E-state index contributed by atoms with van der Waals surface area (Å²) in [6.07, 6.45) is 6.25. The monoisotopic (exact) mass is 398 g/mol. The van der Waals surface area contributed by atoms with Crippen molar-refractivity contribution in [2.24, 2.45) is 0 Å². The molecule has 4 aromatic rings. The first-order valence-corrected chi connectivity index (χ1v) is 9.52. The molecule has 4 rings (SSSR count). The standard InChI is InChI=1S/C25H19Br/c1-3-7-21-20(4-2)22-8-5-6-9-23(22)25-16-18(12-15-24(21)25)17-10-13-19(26)14-11-17/h3-16H,2H2,1H3/b7-3-. The second kappa shape index (κ2) is 6.93. The van der Waals surface area contributed by atoms with Crippen LogP contribution in [0, 0.1) is 0 Å². The molecule has 0 aliphatic heterocycles. The molecule has 0 N–H and O–H groups in total. The highest BCUT2D eigenvalue weighted by Crippen LogP contribution is 2.36. The van der Waals surface area contributed by atoms with Gasteiger partial charge in [-0.25, -0.2) is 0 Å². The molecule has 0 atom stereocenters. The summed E-state index contributed by atoms with van der Waals surface area (Å²) in [7, 11) is 0. The summed E-state index contributed by atoms with van der Waals surface area (Å²) < 4.78 is 1.10. The van der Waals surface area contributed by atoms with E-state index in [1.54, 1.807) is 0 Å². The second-order valence-electron chi connectivity index (χ2n) is 6.34. The number of fused-ring (bicyclic) bond motifs is 3. The summed E-state index contributed by atoms with van der Waals surface area (Å²) >= 11 is 3.52. The van der Waals surface area contributed by atoms with Crippen LogP contribution in [-0.4, -0.2) is 0 Å². The third-order valence-electron chi connectivity index (χ3n) is 4.82. The zero-order valence-corrected chi connectivity index (χ0v) is 16.3. The molecule has 1 heteroatoms. The van der Waals surface area contributed by atoms with Gasteiger partial charge in [0.2, 0.25) is 0 Å². The van der Waals surface area contributed by atoms with Crippen molar-refractivity contribution in [2.75, 3.05) is 0 Å². The molecule has 0 aromatic heterocycles. The van der Waals surface area contributed by atoms with Gasteiger partial charge < -0.3 is 0 Å². The van der Waals surface area contributed by atoms with E-state index >= 15 is 0 Å². The quantitative estimate of drug-likeness (QED) is 0.305. The van der Waals surface area contributed by atoms with Crippen LogP contribution in [0.25, 0.3) is 44.8 Å². The minimum atomic E-state index is 1.10. The van der Waals surface area contributed by atoms with E-state index in [9.17, 15) is 0 Å². The van der Waals surface area contributed by atoms with Gasteiger partial charge in [-0.1, -0.05) is 89.3 Å². The third-order valence-corrected chi connectivity index (χ3v) is 5.35. The van der Waals surface area contributed by atoms with Crippen LogP contribution in [0.3, 0.4) is 0 Å². The van der Waals surface area contributed by atoms with Crippen LogP contribution in [0.1, 0.15) is 18.1 Å². The van der Waals surface area contributed by atoms with Crippen molar-refractivity contribution in [3.05, 3.63) is 95.0 Å². The zero-order chi connectivity index (χ0) is 18.1. The maximum Gasteiger partial charge on any atom is 0.0175 e. The van der Waals surface area contributed by atoms with Gasteiger partial charge >= 0.3 is 0 Å². The van der Waals surface area contributed by atoms with Crippen LogP contribution in [0.4, 0.5) is 0 Å². The average Bonchev–Trinajstić information content (AvgIpc) is 2.68. The number of benzene rings is 4. The van der Waals surface area contributed by atoms with E-state index in [-0.39, 0.29) is 0 Å². The van der Waals surface area contributed by atoms with Gasteiger partial charge in [-0.3, -0.25) is 0 Å². The molecule has 0 fully saturated rings. The summed E-state index contributed by atoms with van der Waals surface area (Å²) in [5.74, 6) is 0. The Morgan fingerprint density at radius 1 is 0.731 bits per heavy atom. The van der Waals surface area contributed by atoms with Crippen LogP contribution in [0.15, 0.2) is 83.9 Å². The molecule has 0 amide bonds. The van der Waals surface area contributed by atoms with E-state index < -0.39 is 0 Å². The zero-order valence-electron chi connectivity index (χ0n) is 14.7. The number of rotatable bonds is 3. The second-order valence-corrected chi connectivity index (χ2v) is 7.26. The molecular weight excluding hydrogens is 380 g/mol. The fourth-order valence-corrected chi connectivity index (χ4v) is 3.90. The van der Waals surface area contributed by atoms with Crippen molar-refractivity contribution in [2.45, 2.75) is 6.92 Å². The van der Waals surface area contributed by atoms with E-state index in [0.717, 1.165) is 4.47 Å². The molecule has 0 saturated carbocycles. The van der Waals surface area contributed by atoms with Gasteiger partial charge in [0, 0.05) is 4.47 Å². The highest BCUT2D eigenvalue weighted by molar-refractivity contribution is 9.10. The number of allylic oxidation sites excluding steroid dienone is 1. The topological polar surface area (TPSA) is 0 Å². The lowest BCUT2D eigenvalue weighted by Gasteiger charge is -2.14. The Labute approximate surface area is 162 Å². The van der Waals surface area contributed by atoms with E-state index in [0.29, 0.717) is 0 Å². The number of halogens is 1. The van der Waals surface area contributed by atoms with E-state index in [2.05, 4.69) is 108 Å². The molecule has 0 unspecified atom stereocenters. The van der Waals surface area contributed by atoms with Gasteiger partial charge in [0.25, 0.3) is 0 Å². The molecule has 0 heterocycles. The molecule has 0 nitrogen and oxygen atoms in total. The van der Waals surface area contributed by atoms with Crippen LogP contribution in [0.5, 0.6) is 0 Å². The number of hydrogen-bond acceptors (Lipinski definition) is 0. The minimum Gasteiger partial charge on any atom is -0.0984 e. The van der Waals surface area contributed by atoms with Crippen molar-refractivity contribution in [3.63, 3.8) is 0 Å². The van der Waals surface area contributed by atoms with Gasteiger partial charge in [-0.05, 0) is 68.9 Å². The van der Waals surface area contributed by atoms with E-state index in [1.807, 2.05) is 6.08 Å². The van der Waals surface area contributed by atoms with Crippen molar-refractivity contribution >= 4 is 49.6 Å². The lowest BCUT2D eigenvalue weighted by atomic mass is 9.89. The molecular formula is C25H19Br. The molecule has 4 aromatic carbocycles. The van der Waals surface area contributed by atoms with Crippen molar-refractivity contribution < 1.29 is 0 Å². The highest BCUT2D eigenvalue weighted by atomic mass is 79.9. The molecule has 0 saturated heterocycles. The van der Waals surface area contributed by atoms with Crippen LogP contribution in [0.2, 0.25) is 0 Å². The molecule has 126 valence electrons. The Balaban J connectivity index is 2.11. The summed E-state index contributed by atoms with van der Waals surface area (Å²) in [5.41, 5.74) is 4.88. The maximum atomic E-state index is 4.07. The molecule has 26 heavy (non-hydrogen) atoms. The lowest BCUT2D eigenvalue weighted by Crippen LogP contribution is -1.90. The van der Waals surface area contributed by atoms with Crippen LogP contribution >= 0.6 is 15.9 Å². The van der Waals surface area contributed by atoms with E-state index in [1.165, 1.54) is 43.8 Å². The molecule has 0 bridgehead atoms. The Hall–Kier alpha value is -2.64. The Kier molecular flexibility index (Phi) is 4.48. The Morgan fingerprint density at radius 3 is 2.08 bits per heavy atom. The third kappa shape index (κ3) is 2.79. The van der Waals surface area contributed by atoms with Crippen LogP contribution < -0.4 is 0 Å². The first-order chi connectivity index (χ1) is 12.7. The highest BCUT2D eigenvalue weighted by Gasteiger charge is 2.11. The number of hydrogen-bond donors (Lipinski definition) is 0. The first kappa shape index (κ1) is 16.8. The fraction of sp³-hybridized carbons (Fsp3) is 0.0400. The fourth-order valence-electron chi connectivity index (χ4n) is 3.63. The summed E-state index contributed by atoms with van der Waals surface area (Å²) in [6.45, 7) is 6.13. The Morgan fingerprint density at radius 2 is 1.38 bits per heavy atom. The SMILES string of the molecule is C=Cc1c(/C=C\C)c2ccc(-c3ccc(Br)cc3)cc2c2ccccc12. The van der Waals surface area contributed by atoms with E-state index in [4.69, 9.17) is 0 Å². The minimum absolute atomic E-state index is 1.10. The van der Waals surface area contributed by atoms with Gasteiger partial charge in [0.1, 0.15) is 0 Å². The maximum absolute atomic E-state index is 4.07. The predicted molar refractivity (Wildman–Crippen MR) is 119 cm³/mol. The first-order valence-electron chi connectivity index (χ1n) is 8.72.